The van der Waals surface area contributed by atoms with Crippen LogP contribution in [0.1, 0.15) is 63.6 Å². The minimum absolute atomic E-state index is 0.245. The first-order valence-electron chi connectivity index (χ1n) is 13.9. The lowest BCUT2D eigenvalue weighted by Crippen LogP contribution is -2.41. The van der Waals surface area contributed by atoms with Crippen LogP contribution >= 0.6 is 0 Å². The number of ether oxygens (including phenoxy) is 1. The predicted octanol–water partition coefficient (Wildman–Crippen LogP) is 2.92. The first kappa shape index (κ1) is 26.6. The quantitative estimate of drug-likeness (QED) is 0.294. The molecular formula is C29H34N8O4. The monoisotopic (exact) mass is 558 g/mol. The molecule has 214 valence electrons. The summed E-state index contributed by atoms with van der Waals surface area (Å²) in [7, 11) is 0. The van der Waals surface area contributed by atoms with Gasteiger partial charge in [-0.15, -0.1) is 0 Å². The number of anilines is 2. The average molecular weight is 559 g/mol. The molecule has 1 saturated carbocycles. The zero-order chi connectivity index (χ0) is 28.7. The van der Waals surface area contributed by atoms with E-state index in [2.05, 4.69) is 32.5 Å². The molecule has 0 spiro atoms. The molecule has 1 aliphatic heterocycles. The number of aromatic amines is 2. The van der Waals surface area contributed by atoms with Gasteiger partial charge in [0.25, 0.3) is 0 Å². The number of amides is 1. The zero-order valence-corrected chi connectivity index (χ0v) is 23.3. The van der Waals surface area contributed by atoms with Crippen molar-refractivity contribution in [1.29, 1.82) is 0 Å². The Morgan fingerprint density at radius 1 is 1.15 bits per heavy atom. The van der Waals surface area contributed by atoms with Crippen LogP contribution in [0.2, 0.25) is 0 Å². The van der Waals surface area contributed by atoms with Crippen LogP contribution in [0.3, 0.4) is 0 Å². The van der Waals surface area contributed by atoms with Gasteiger partial charge < -0.3 is 25.0 Å². The molecule has 0 radical (unpaired) electrons. The molecule has 1 saturated heterocycles. The predicted molar refractivity (Wildman–Crippen MR) is 153 cm³/mol. The van der Waals surface area contributed by atoms with Crippen molar-refractivity contribution in [3.05, 3.63) is 69.0 Å². The molecule has 4 heterocycles. The molecule has 0 bridgehead atoms. The van der Waals surface area contributed by atoms with Gasteiger partial charge in [-0.3, -0.25) is 9.98 Å². The normalized spacial score (nSPS) is 17.4. The molecule has 2 fully saturated rings. The van der Waals surface area contributed by atoms with E-state index in [0.29, 0.717) is 41.2 Å². The molecule has 0 atom stereocenters. The van der Waals surface area contributed by atoms with Gasteiger partial charge in [-0.2, -0.15) is 9.61 Å². The molecule has 4 aromatic rings. The Labute approximate surface area is 235 Å². The number of nitrogens with zero attached hydrogens (tertiary/aromatic N) is 5. The first-order valence-corrected chi connectivity index (χ1v) is 13.9. The van der Waals surface area contributed by atoms with Gasteiger partial charge in [0.15, 0.2) is 11.1 Å². The Hall–Kier alpha value is -4.61. The van der Waals surface area contributed by atoms with E-state index in [1.54, 1.807) is 21.7 Å². The Morgan fingerprint density at radius 3 is 2.51 bits per heavy atom. The van der Waals surface area contributed by atoms with E-state index in [9.17, 15) is 14.7 Å². The van der Waals surface area contributed by atoms with Crippen LogP contribution < -0.4 is 21.7 Å². The third kappa shape index (κ3) is 6.11. The second-order valence-electron chi connectivity index (χ2n) is 11.7. The van der Waals surface area contributed by atoms with E-state index in [1.807, 2.05) is 39.0 Å². The molecule has 6 rings (SSSR count). The molecule has 12 heteroatoms. The fourth-order valence-electron chi connectivity index (χ4n) is 4.97. The number of carbonyl (C=O) groups is 1. The highest BCUT2D eigenvalue weighted by molar-refractivity contribution is 5.68. The minimum Gasteiger partial charge on any atom is -0.493 e. The van der Waals surface area contributed by atoms with Crippen molar-refractivity contribution in [3.8, 4) is 5.88 Å². The Kier molecular flexibility index (Phi) is 6.76. The molecule has 1 aromatic carbocycles. The fourth-order valence-corrected chi connectivity index (χ4v) is 4.97. The lowest BCUT2D eigenvalue weighted by molar-refractivity contribution is 0.0205. The van der Waals surface area contributed by atoms with Gasteiger partial charge in [-0.1, -0.05) is 12.1 Å². The number of imidazole rings is 1. The number of likely N-dealkylation sites (tertiary alicyclic amines) is 1. The van der Waals surface area contributed by atoms with Crippen molar-refractivity contribution in [2.24, 2.45) is 4.99 Å². The molecule has 12 nitrogen and oxygen atoms in total. The third-order valence-electron chi connectivity index (χ3n) is 7.18. The van der Waals surface area contributed by atoms with Gasteiger partial charge in [0.2, 0.25) is 5.88 Å². The highest BCUT2D eigenvalue weighted by atomic mass is 16.6. The largest absolute Gasteiger partial charge is 0.493 e. The van der Waals surface area contributed by atoms with E-state index < -0.39 is 11.3 Å². The maximum absolute atomic E-state index is 12.4. The summed E-state index contributed by atoms with van der Waals surface area (Å²) in [5, 5.41) is 18.5. The lowest BCUT2D eigenvalue weighted by atomic mass is 9.89. The molecule has 3 aromatic heterocycles. The molecule has 1 aliphatic carbocycles. The summed E-state index contributed by atoms with van der Waals surface area (Å²) in [5.74, 6) is 0.738. The minimum atomic E-state index is -0.498. The van der Waals surface area contributed by atoms with Gasteiger partial charge in [-0.25, -0.2) is 14.6 Å². The molecule has 41 heavy (non-hydrogen) atoms. The summed E-state index contributed by atoms with van der Waals surface area (Å²) in [4.78, 5) is 40.2. The van der Waals surface area contributed by atoms with Crippen molar-refractivity contribution >= 4 is 29.3 Å². The summed E-state index contributed by atoms with van der Waals surface area (Å²) in [5.41, 5.74) is 2.60. The molecule has 0 unspecified atom stereocenters. The van der Waals surface area contributed by atoms with E-state index in [4.69, 9.17) is 14.7 Å². The van der Waals surface area contributed by atoms with E-state index >= 15 is 0 Å². The van der Waals surface area contributed by atoms with Crippen LogP contribution in [-0.2, 0) is 4.74 Å². The third-order valence-corrected chi connectivity index (χ3v) is 7.18. The van der Waals surface area contributed by atoms with Crippen molar-refractivity contribution in [2.75, 3.05) is 18.4 Å². The Morgan fingerprint density at radius 2 is 1.88 bits per heavy atom. The summed E-state index contributed by atoms with van der Waals surface area (Å²) >= 11 is 0. The van der Waals surface area contributed by atoms with Gasteiger partial charge in [0, 0.05) is 30.1 Å². The number of hydrogen-bond donors (Lipinski definition) is 4. The average Bonchev–Trinajstić information content (AvgIpc) is 3.56. The number of fused-ring (bicyclic) bond motifs is 1. The van der Waals surface area contributed by atoms with Gasteiger partial charge >= 0.3 is 11.8 Å². The number of nitrogens with one attached hydrogen (secondary N) is 3. The maximum atomic E-state index is 12.4. The van der Waals surface area contributed by atoms with Gasteiger partial charge in [0.05, 0.1) is 12.2 Å². The SMILES string of the molecule is CC(C)(C)OC(=O)N1CCC(c2ccc(Nc3cc(=NC4CC4)n4nc/c(=C\c5[nH]c(=O)[nH]c5O)c4n3)cc2)CC1. The zero-order valence-electron chi connectivity index (χ0n) is 23.3. The maximum Gasteiger partial charge on any atom is 0.410 e. The number of carbonyl (C=O) groups excluding carboxylic acids is 1. The first-order chi connectivity index (χ1) is 19.6. The van der Waals surface area contributed by atoms with Crippen molar-refractivity contribution in [2.45, 2.75) is 64.0 Å². The number of benzene rings is 1. The summed E-state index contributed by atoms with van der Waals surface area (Å²) < 4.78 is 7.19. The van der Waals surface area contributed by atoms with Crippen LogP contribution in [0.5, 0.6) is 5.88 Å². The Balaban J connectivity index is 1.21. The van der Waals surface area contributed by atoms with Crippen LogP contribution in [0.25, 0.3) is 11.7 Å². The molecular weight excluding hydrogens is 524 g/mol. The second kappa shape index (κ2) is 10.4. The smallest absolute Gasteiger partial charge is 0.410 e. The Bertz CT molecular complexity index is 1750. The number of piperidine rings is 1. The molecule has 2 aliphatic rings. The topological polar surface area (TPSA) is 153 Å². The number of aromatic hydroxyl groups is 1. The van der Waals surface area contributed by atoms with Gasteiger partial charge in [-0.05, 0) is 76.1 Å². The number of hydrogen-bond acceptors (Lipinski definition) is 8. The lowest BCUT2D eigenvalue weighted by Gasteiger charge is -2.33. The van der Waals surface area contributed by atoms with Crippen molar-refractivity contribution in [3.63, 3.8) is 0 Å². The standard InChI is InChI=1S/C29H34N8O4/c1-29(2,3)41-28(40)36-12-10-18(11-13-36)17-4-6-20(7-5-17)31-23-15-24(32-21-8-9-21)37-25(34-23)19(16-30-37)14-22-26(38)35-27(39)33-22/h4-7,14-16,18,21,31,38H,8-13H2,1-3H3,(H2,33,35,39)/b19-14+,32-24?. The summed E-state index contributed by atoms with van der Waals surface area (Å²) in [6.07, 6.45) is 6.87. The van der Waals surface area contributed by atoms with Crippen molar-refractivity contribution < 1.29 is 14.6 Å². The molecule has 4 N–H and O–H groups in total. The summed E-state index contributed by atoms with van der Waals surface area (Å²) in [6.45, 7) is 7.00. The number of H-pyrrole nitrogens is 2. The second-order valence-corrected chi connectivity index (χ2v) is 11.7. The van der Waals surface area contributed by atoms with Crippen LogP contribution in [0.4, 0.5) is 16.3 Å². The number of aromatic nitrogens is 5. The van der Waals surface area contributed by atoms with Crippen LogP contribution in [-0.4, -0.2) is 65.4 Å². The van der Waals surface area contributed by atoms with Gasteiger partial charge in [0.1, 0.15) is 17.1 Å². The van der Waals surface area contributed by atoms with E-state index in [1.165, 1.54) is 5.56 Å². The highest BCUT2D eigenvalue weighted by Crippen LogP contribution is 2.30. The number of rotatable bonds is 5. The fraction of sp³-hybridized carbons (Fsp3) is 0.414. The van der Waals surface area contributed by atoms with Crippen molar-refractivity contribution in [1.82, 2.24) is 29.5 Å². The van der Waals surface area contributed by atoms with Crippen LogP contribution in [0.15, 0.2) is 46.3 Å². The van der Waals surface area contributed by atoms with E-state index in [-0.39, 0.29) is 23.7 Å². The summed E-state index contributed by atoms with van der Waals surface area (Å²) in [6, 6.07) is 10.4. The molecule has 1 amide bonds. The van der Waals surface area contributed by atoms with Crippen LogP contribution in [0, 0.1) is 0 Å². The highest BCUT2D eigenvalue weighted by Gasteiger charge is 2.27. The van der Waals surface area contributed by atoms with E-state index in [0.717, 1.165) is 31.4 Å².